The number of carboxylic acid groups (broad SMARTS) is 1. The third-order valence-electron chi connectivity index (χ3n) is 7.45. The van der Waals surface area contributed by atoms with Gasteiger partial charge in [-0.3, -0.25) is 14.4 Å². The number of nitrogens with zero attached hydrogens (tertiary/aromatic N) is 2. The summed E-state index contributed by atoms with van der Waals surface area (Å²) >= 11 is 0. The van der Waals surface area contributed by atoms with E-state index in [1.807, 2.05) is 6.07 Å². The van der Waals surface area contributed by atoms with E-state index in [2.05, 4.69) is 25.3 Å². The van der Waals surface area contributed by atoms with E-state index < -0.39 is 62.5 Å². The molecule has 5 rings (SSSR count). The number of imidazole rings is 1. The molecule has 15 heteroatoms. The zero-order valence-corrected chi connectivity index (χ0v) is 26.0. The highest BCUT2D eigenvalue weighted by molar-refractivity contribution is 7.89. The van der Waals surface area contributed by atoms with Crippen molar-refractivity contribution in [3.05, 3.63) is 98.3 Å². The molecule has 2 aromatic heterocycles. The Bertz CT molecular complexity index is 2160. The standard InChI is InChI=1S/C31H30F2N6O6S/c1-15-9-16(2)28(17(3)10-15)46(44,45)38-24(30(42)43)13-34-29(41)20-14-39(4)26-18(27(20)40)11-21(32)19(25(26)33)12-35-31-36-22-7-5-6-8-23(22)37-31/h5-11,14,24,38H,12-13H2,1-4H3,(H,34,41)(H,42,43)(H2,35,36,37). The molecular weight excluding hydrogens is 622 g/mol. The lowest BCUT2D eigenvalue weighted by Crippen LogP contribution is -2.49. The van der Waals surface area contributed by atoms with Crippen molar-refractivity contribution in [2.75, 3.05) is 11.9 Å². The number of H-pyrrole nitrogens is 1. The number of hydrogen-bond acceptors (Lipinski definition) is 7. The molecule has 1 unspecified atom stereocenters. The fraction of sp³-hybridized carbons (Fsp3) is 0.226. The number of carbonyl (C=O) groups excluding carboxylic acids is 1. The number of fused-ring (bicyclic) bond motifs is 2. The maximum Gasteiger partial charge on any atom is 0.323 e. The number of rotatable bonds is 10. The van der Waals surface area contributed by atoms with Gasteiger partial charge in [0.1, 0.15) is 17.4 Å². The fourth-order valence-electron chi connectivity index (χ4n) is 5.47. The van der Waals surface area contributed by atoms with Crippen molar-refractivity contribution < 1.29 is 31.9 Å². The summed E-state index contributed by atoms with van der Waals surface area (Å²) in [5.41, 5.74) is 0.861. The minimum absolute atomic E-state index is 0.0877. The van der Waals surface area contributed by atoms with Crippen LogP contribution in [0.2, 0.25) is 0 Å². The van der Waals surface area contributed by atoms with Gasteiger partial charge in [-0.1, -0.05) is 29.8 Å². The molecule has 0 aliphatic heterocycles. The van der Waals surface area contributed by atoms with Crippen LogP contribution in [-0.2, 0) is 28.4 Å². The average Bonchev–Trinajstić information content (AvgIpc) is 3.38. The topological polar surface area (TPSA) is 175 Å². The Morgan fingerprint density at radius 3 is 2.41 bits per heavy atom. The number of anilines is 1. The minimum atomic E-state index is -4.32. The van der Waals surface area contributed by atoms with Gasteiger partial charge in [0, 0.05) is 31.9 Å². The van der Waals surface area contributed by atoms with Gasteiger partial charge >= 0.3 is 5.97 Å². The van der Waals surface area contributed by atoms with Crippen LogP contribution >= 0.6 is 0 Å². The molecule has 5 aromatic rings. The number of aryl methyl sites for hydroxylation is 4. The molecule has 46 heavy (non-hydrogen) atoms. The van der Waals surface area contributed by atoms with E-state index >= 15 is 8.78 Å². The Morgan fingerprint density at radius 1 is 1.09 bits per heavy atom. The van der Waals surface area contributed by atoms with Crippen molar-refractivity contribution in [1.82, 2.24) is 24.6 Å². The van der Waals surface area contributed by atoms with Gasteiger partial charge in [0.05, 0.1) is 26.8 Å². The van der Waals surface area contributed by atoms with Crippen molar-refractivity contribution in [3.63, 3.8) is 0 Å². The fourth-order valence-corrected chi connectivity index (χ4v) is 7.11. The Morgan fingerprint density at radius 2 is 1.76 bits per heavy atom. The van der Waals surface area contributed by atoms with Crippen molar-refractivity contribution in [2.24, 2.45) is 7.05 Å². The van der Waals surface area contributed by atoms with Gasteiger partial charge < -0.3 is 25.3 Å². The lowest BCUT2D eigenvalue weighted by atomic mass is 10.1. The lowest BCUT2D eigenvalue weighted by Gasteiger charge is -2.18. The number of amides is 1. The molecule has 1 amide bonds. The van der Waals surface area contributed by atoms with Crippen molar-refractivity contribution in [1.29, 1.82) is 0 Å². The summed E-state index contributed by atoms with van der Waals surface area (Å²) in [5, 5.41) is 14.4. The highest BCUT2D eigenvalue weighted by Gasteiger charge is 2.29. The van der Waals surface area contributed by atoms with Crippen LogP contribution in [0.3, 0.4) is 0 Å². The van der Waals surface area contributed by atoms with Crippen LogP contribution in [-0.4, -0.2) is 52.5 Å². The number of pyridine rings is 1. The number of para-hydroxylation sites is 2. The normalized spacial score (nSPS) is 12.4. The summed E-state index contributed by atoms with van der Waals surface area (Å²) in [5.74, 6) is -4.41. The first-order valence-corrected chi connectivity index (χ1v) is 15.5. The number of benzene rings is 3. The Kier molecular flexibility index (Phi) is 8.64. The van der Waals surface area contributed by atoms with E-state index in [0.717, 1.165) is 27.9 Å². The molecule has 2 heterocycles. The van der Waals surface area contributed by atoms with Crippen LogP contribution in [0.25, 0.3) is 21.9 Å². The summed E-state index contributed by atoms with van der Waals surface area (Å²) in [7, 11) is -2.97. The molecule has 5 N–H and O–H groups in total. The van der Waals surface area contributed by atoms with Crippen LogP contribution in [0.15, 0.2) is 58.4 Å². The van der Waals surface area contributed by atoms with E-state index in [-0.39, 0.29) is 28.5 Å². The second-order valence-electron chi connectivity index (χ2n) is 10.9. The van der Waals surface area contributed by atoms with Gasteiger partial charge in [0.25, 0.3) is 5.91 Å². The van der Waals surface area contributed by atoms with Crippen molar-refractivity contribution >= 4 is 49.8 Å². The zero-order chi connectivity index (χ0) is 33.5. The third kappa shape index (κ3) is 6.19. The highest BCUT2D eigenvalue weighted by Crippen LogP contribution is 2.25. The second kappa shape index (κ2) is 12.3. The smallest absolute Gasteiger partial charge is 0.323 e. The summed E-state index contributed by atoms with van der Waals surface area (Å²) in [6, 6.07) is 9.48. The molecule has 0 aliphatic rings. The molecule has 3 aromatic carbocycles. The molecule has 240 valence electrons. The molecule has 0 aliphatic carbocycles. The second-order valence-corrected chi connectivity index (χ2v) is 12.6. The molecule has 0 spiro atoms. The number of aliphatic carboxylic acids is 1. The SMILES string of the molecule is Cc1cc(C)c(S(=O)(=O)NC(CNC(=O)c2cn(C)c3c(F)c(CNc4nc5ccccc5[nH]4)c(F)cc3c2=O)C(=O)O)c(C)c1. The monoisotopic (exact) mass is 652 g/mol. The predicted molar refractivity (Wildman–Crippen MR) is 167 cm³/mol. The first-order chi connectivity index (χ1) is 21.7. The number of halogens is 2. The summed E-state index contributed by atoms with van der Waals surface area (Å²) in [4.78, 5) is 45.4. The minimum Gasteiger partial charge on any atom is -0.480 e. The van der Waals surface area contributed by atoms with Gasteiger partial charge in [-0.05, 0) is 50.1 Å². The first-order valence-electron chi connectivity index (χ1n) is 14.0. The number of nitrogens with one attached hydrogen (secondary N) is 4. The summed E-state index contributed by atoms with van der Waals surface area (Å²) in [6.07, 6.45) is 1.04. The predicted octanol–water partition coefficient (Wildman–Crippen LogP) is 3.39. The number of carboxylic acids is 1. The number of hydrogen-bond donors (Lipinski definition) is 5. The molecule has 1 atom stereocenters. The lowest BCUT2D eigenvalue weighted by molar-refractivity contribution is -0.138. The molecule has 0 saturated heterocycles. The van der Waals surface area contributed by atoms with E-state index in [9.17, 15) is 27.9 Å². The van der Waals surface area contributed by atoms with Gasteiger partial charge in [-0.2, -0.15) is 4.72 Å². The number of sulfonamides is 1. The van der Waals surface area contributed by atoms with Crippen LogP contribution < -0.4 is 20.8 Å². The quantitative estimate of drug-likeness (QED) is 0.153. The van der Waals surface area contributed by atoms with E-state index in [4.69, 9.17) is 0 Å². The van der Waals surface area contributed by atoms with Crippen LogP contribution in [0.1, 0.15) is 32.6 Å². The maximum atomic E-state index is 15.6. The summed E-state index contributed by atoms with van der Waals surface area (Å²) in [6.45, 7) is 3.91. The van der Waals surface area contributed by atoms with Crippen LogP contribution in [0.5, 0.6) is 0 Å². The average molecular weight is 653 g/mol. The van der Waals surface area contributed by atoms with Crippen LogP contribution in [0.4, 0.5) is 14.7 Å². The number of aromatic amines is 1. The van der Waals surface area contributed by atoms with E-state index in [0.29, 0.717) is 16.6 Å². The summed E-state index contributed by atoms with van der Waals surface area (Å²) < 4.78 is 60.2. The molecule has 0 fully saturated rings. The van der Waals surface area contributed by atoms with Gasteiger partial charge in [0.2, 0.25) is 21.4 Å². The van der Waals surface area contributed by atoms with E-state index in [1.54, 1.807) is 51.1 Å². The molecular formula is C31H30F2N6O6S. The number of aromatic nitrogens is 3. The Balaban J connectivity index is 1.37. The largest absolute Gasteiger partial charge is 0.480 e. The zero-order valence-electron chi connectivity index (χ0n) is 25.2. The first kappa shape index (κ1) is 32.2. The third-order valence-corrected chi connectivity index (χ3v) is 9.23. The Labute approximate surface area is 261 Å². The molecule has 0 bridgehead atoms. The number of carbonyl (C=O) groups is 2. The molecule has 0 radical (unpaired) electrons. The van der Waals surface area contributed by atoms with Gasteiger partial charge in [0.15, 0.2) is 5.82 Å². The van der Waals surface area contributed by atoms with Crippen molar-refractivity contribution in [3.8, 4) is 0 Å². The van der Waals surface area contributed by atoms with Gasteiger partial charge in [-0.15, -0.1) is 0 Å². The van der Waals surface area contributed by atoms with Crippen molar-refractivity contribution in [2.45, 2.75) is 38.3 Å². The maximum absolute atomic E-state index is 15.6. The van der Waals surface area contributed by atoms with E-state index in [1.165, 1.54) is 7.05 Å². The Hall–Kier alpha value is -5.15. The van der Waals surface area contributed by atoms with Crippen LogP contribution in [0, 0.1) is 32.4 Å². The van der Waals surface area contributed by atoms with Gasteiger partial charge in [-0.25, -0.2) is 22.2 Å². The highest BCUT2D eigenvalue weighted by atomic mass is 32.2. The molecule has 12 nitrogen and oxygen atoms in total. The molecule has 0 saturated carbocycles.